The van der Waals surface area contributed by atoms with Crippen molar-refractivity contribution in [3.05, 3.63) is 94.5 Å². The second-order valence-electron chi connectivity index (χ2n) is 5.92. The van der Waals surface area contributed by atoms with Gasteiger partial charge in [0.25, 0.3) is 0 Å². The average Bonchev–Trinajstić information content (AvgIpc) is 2.68. The molecule has 1 N–H and O–H groups in total. The van der Waals surface area contributed by atoms with Gasteiger partial charge in [0.15, 0.2) is 6.23 Å². The Bertz CT molecular complexity index is 882. The predicted octanol–water partition coefficient (Wildman–Crippen LogP) is 5.58. The molecule has 0 saturated carbocycles. The highest BCUT2D eigenvalue weighted by atomic mass is 35.5. The van der Waals surface area contributed by atoms with E-state index in [0.29, 0.717) is 5.02 Å². The molecule has 0 spiro atoms. The minimum atomic E-state index is -0.310. The van der Waals surface area contributed by atoms with E-state index >= 15 is 0 Å². The molecule has 126 valence electrons. The molecule has 0 saturated heterocycles. The predicted molar refractivity (Wildman–Crippen MR) is 100 cm³/mol. The van der Waals surface area contributed by atoms with E-state index in [1.54, 1.807) is 7.11 Å². The number of nitrogens with one attached hydrogen (secondary N) is 1. The van der Waals surface area contributed by atoms with Crippen molar-refractivity contribution in [2.75, 3.05) is 12.4 Å². The molecule has 0 aliphatic carbocycles. The SMILES string of the molecule is COc1ccccc1[C@H]1Nc2ccc(Cl)cc2[C@@H](c2ccccc2)O1. The van der Waals surface area contributed by atoms with Crippen LogP contribution in [0.1, 0.15) is 29.0 Å². The van der Waals surface area contributed by atoms with Gasteiger partial charge < -0.3 is 14.8 Å². The molecular formula is C21H18ClNO2. The van der Waals surface area contributed by atoms with Crippen LogP contribution in [0, 0.1) is 0 Å². The molecular weight excluding hydrogens is 334 g/mol. The molecule has 1 aliphatic rings. The second-order valence-corrected chi connectivity index (χ2v) is 6.36. The van der Waals surface area contributed by atoms with E-state index in [4.69, 9.17) is 21.1 Å². The lowest BCUT2D eigenvalue weighted by Gasteiger charge is -2.34. The van der Waals surface area contributed by atoms with Crippen molar-refractivity contribution in [1.29, 1.82) is 0 Å². The minimum Gasteiger partial charge on any atom is -0.496 e. The van der Waals surface area contributed by atoms with Crippen molar-refractivity contribution in [2.45, 2.75) is 12.3 Å². The molecule has 2 atom stereocenters. The lowest BCUT2D eigenvalue weighted by Crippen LogP contribution is -2.25. The Morgan fingerprint density at radius 1 is 0.920 bits per heavy atom. The van der Waals surface area contributed by atoms with Crippen LogP contribution in [-0.4, -0.2) is 7.11 Å². The summed E-state index contributed by atoms with van der Waals surface area (Å²) in [7, 11) is 1.67. The summed E-state index contributed by atoms with van der Waals surface area (Å²) < 4.78 is 11.9. The number of hydrogen-bond donors (Lipinski definition) is 1. The molecule has 4 rings (SSSR count). The number of methoxy groups -OCH3 is 1. The van der Waals surface area contributed by atoms with Gasteiger partial charge in [0.05, 0.1) is 7.11 Å². The van der Waals surface area contributed by atoms with E-state index in [2.05, 4.69) is 17.4 Å². The highest BCUT2D eigenvalue weighted by Crippen LogP contribution is 2.43. The smallest absolute Gasteiger partial charge is 0.158 e. The van der Waals surface area contributed by atoms with Gasteiger partial charge in [-0.25, -0.2) is 0 Å². The number of anilines is 1. The molecule has 0 fully saturated rings. The molecule has 1 heterocycles. The zero-order valence-corrected chi connectivity index (χ0v) is 14.5. The molecule has 3 nitrogen and oxygen atoms in total. The highest BCUT2D eigenvalue weighted by Gasteiger charge is 2.30. The fraction of sp³-hybridized carbons (Fsp3) is 0.143. The van der Waals surface area contributed by atoms with Crippen molar-refractivity contribution in [2.24, 2.45) is 0 Å². The zero-order valence-electron chi connectivity index (χ0n) is 13.8. The van der Waals surface area contributed by atoms with Crippen LogP contribution in [0.25, 0.3) is 0 Å². The standard InChI is InChI=1S/C21H18ClNO2/c1-24-19-10-6-5-9-16(19)21-23-18-12-11-15(22)13-17(18)20(25-21)14-7-3-2-4-8-14/h2-13,20-21,23H,1H3/t20-,21+/m1/s1. The van der Waals surface area contributed by atoms with Crippen LogP contribution in [0.3, 0.4) is 0 Å². The Morgan fingerprint density at radius 2 is 1.68 bits per heavy atom. The van der Waals surface area contributed by atoms with Crippen molar-refractivity contribution < 1.29 is 9.47 Å². The summed E-state index contributed by atoms with van der Waals surface area (Å²) in [5.41, 5.74) is 4.10. The van der Waals surface area contributed by atoms with Crippen LogP contribution in [-0.2, 0) is 4.74 Å². The molecule has 1 aliphatic heterocycles. The van der Waals surface area contributed by atoms with E-state index in [0.717, 1.165) is 28.1 Å². The molecule has 25 heavy (non-hydrogen) atoms. The van der Waals surface area contributed by atoms with Crippen LogP contribution in [0.2, 0.25) is 5.02 Å². The van der Waals surface area contributed by atoms with Gasteiger partial charge in [-0.1, -0.05) is 60.1 Å². The topological polar surface area (TPSA) is 30.5 Å². The average molecular weight is 352 g/mol. The maximum Gasteiger partial charge on any atom is 0.158 e. The van der Waals surface area contributed by atoms with Gasteiger partial charge in [0.2, 0.25) is 0 Å². The van der Waals surface area contributed by atoms with E-state index < -0.39 is 0 Å². The summed E-state index contributed by atoms with van der Waals surface area (Å²) in [6.45, 7) is 0. The fourth-order valence-electron chi connectivity index (χ4n) is 3.19. The van der Waals surface area contributed by atoms with Gasteiger partial charge in [-0.2, -0.15) is 0 Å². The number of rotatable bonds is 3. The first-order valence-electron chi connectivity index (χ1n) is 8.15. The Hall–Kier alpha value is -2.49. The Morgan fingerprint density at radius 3 is 2.48 bits per heavy atom. The summed E-state index contributed by atoms with van der Waals surface area (Å²) in [6, 6.07) is 23.9. The number of ether oxygens (including phenoxy) is 2. The highest BCUT2D eigenvalue weighted by molar-refractivity contribution is 6.30. The molecule has 0 radical (unpaired) electrons. The monoisotopic (exact) mass is 351 g/mol. The Balaban J connectivity index is 1.80. The summed E-state index contributed by atoms with van der Waals surface area (Å²) >= 11 is 6.23. The molecule has 4 heteroatoms. The second kappa shape index (κ2) is 6.79. The van der Waals surface area contributed by atoms with Gasteiger partial charge in [-0.15, -0.1) is 0 Å². The fourth-order valence-corrected chi connectivity index (χ4v) is 3.37. The van der Waals surface area contributed by atoms with Gasteiger partial charge in [-0.3, -0.25) is 0 Å². The number of halogens is 1. The van der Waals surface area contributed by atoms with Crippen molar-refractivity contribution >= 4 is 17.3 Å². The van der Waals surface area contributed by atoms with Crippen LogP contribution < -0.4 is 10.1 Å². The maximum atomic E-state index is 6.43. The third-order valence-electron chi connectivity index (χ3n) is 4.38. The Labute approximate surface area is 152 Å². The molecule has 0 amide bonds. The third kappa shape index (κ3) is 3.09. The quantitative estimate of drug-likeness (QED) is 0.668. The molecule has 3 aromatic carbocycles. The van der Waals surface area contributed by atoms with Crippen LogP contribution in [0.5, 0.6) is 5.75 Å². The number of fused-ring (bicyclic) bond motifs is 1. The van der Waals surface area contributed by atoms with E-state index in [9.17, 15) is 0 Å². The lowest BCUT2D eigenvalue weighted by molar-refractivity contribution is 0.0145. The first-order chi connectivity index (χ1) is 12.3. The number of hydrogen-bond acceptors (Lipinski definition) is 3. The van der Waals surface area contributed by atoms with Crippen LogP contribution in [0.4, 0.5) is 5.69 Å². The normalized spacial score (nSPS) is 19.0. The van der Waals surface area contributed by atoms with Crippen molar-refractivity contribution in [3.8, 4) is 5.75 Å². The van der Waals surface area contributed by atoms with E-state index in [-0.39, 0.29) is 12.3 Å². The van der Waals surface area contributed by atoms with Gasteiger partial charge in [0.1, 0.15) is 11.9 Å². The van der Waals surface area contributed by atoms with Gasteiger partial charge in [0, 0.05) is 21.8 Å². The number of benzene rings is 3. The van der Waals surface area contributed by atoms with Gasteiger partial charge >= 0.3 is 0 Å². The van der Waals surface area contributed by atoms with Crippen molar-refractivity contribution in [1.82, 2.24) is 0 Å². The zero-order chi connectivity index (χ0) is 17.2. The third-order valence-corrected chi connectivity index (χ3v) is 4.61. The summed E-state index contributed by atoms with van der Waals surface area (Å²) in [5.74, 6) is 0.796. The molecule has 0 bridgehead atoms. The lowest BCUT2D eigenvalue weighted by atomic mass is 9.97. The summed E-state index contributed by atoms with van der Waals surface area (Å²) in [4.78, 5) is 0. The minimum absolute atomic E-state index is 0.203. The summed E-state index contributed by atoms with van der Waals surface area (Å²) in [5, 5.41) is 4.15. The first-order valence-corrected chi connectivity index (χ1v) is 8.53. The maximum absolute atomic E-state index is 6.43. The Kier molecular flexibility index (Phi) is 4.35. The van der Waals surface area contributed by atoms with Crippen LogP contribution >= 0.6 is 11.6 Å². The molecule has 0 unspecified atom stereocenters. The molecule has 0 aromatic heterocycles. The number of para-hydroxylation sites is 1. The summed E-state index contributed by atoms with van der Waals surface area (Å²) in [6.07, 6.45) is -0.513. The van der Waals surface area contributed by atoms with Crippen molar-refractivity contribution in [3.63, 3.8) is 0 Å². The largest absolute Gasteiger partial charge is 0.496 e. The van der Waals surface area contributed by atoms with E-state index in [1.165, 1.54) is 0 Å². The molecule has 3 aromatic rings. The first kappa shape index (κ1) is 16.0. The van der Waals surface area contributed by atoms with E-state index in [1.807, 2.05) is 60.7 Å². The van der Waals surface area contributed by atoms with Crippen LogP contribution in [0.15, 0.2) is 72.8 Å². The van der Waals surface area contributed by atoms with Gasteiger partial charge in [-0.05, 0) is 29.8 Å².